The van der Waals surface area contributed by atoms with Crippen LogP contribution in [-0.2, 0) is 6.54 Å². The van der Waals surface area contributed by atoms with Crippen LogP contribution in [0.2, 0.25) is 5.02 Å². The van der Waals surface area contributed by atoms with Gasteiger partial charge in [-0.25, -0.2) is 4.79 Å². The van der Waals surface area contributed by atoms with E-state index in [4.69, 9.17) is 16.0 Å². The number of hydrogen-bond acceptors (Lipinski definition) is 5. The number of carbonyl (C=O) groups excluding carboxylic acids is 2. The summed E-state index contributed by atoms with van der Waals surface area (Å²) in [5.74, 6) is -0.0359. The third kappa shape index (κ3) is 4.79. The molecule has 2 amide bonds. The van der Waals surface area contributed by atoms with Crippen LogP contribution < -0.4 is 10.6 Å². The highest BCUT2D eigenvalue weighted by Gasteiger charge is 2.27. The molecule has 0 atom stereocenters. The third-order valence-electron chi connectivity index (χ3n) is 6.12. The first-order valence-corrected chi connectivity index (χ1v) is 11.7. The van der Waals surface area contributed by atoms with E-state index < -0.39 is 5.91 Å². The van der Waals surface area contributed by atoms with Gasteiger partial charge in [0.2, 0.25) is 0 Å². The molecule has 3 N–H and O–H groups in total. The van der Waals surface area contributed by atoms with E-state index in [1.54, 1.807) is 30.3 Å². The van der Waals surface area contributed by atoms with Gasteiger partial charge in [0.1, 0.15) is 5.75 Å². The predicted octanol–water partition coefficient (Wildman–Crippen LogP) is 5.78. The van der Waals surface area contributed by atoms with Crippen LogP contribution in [0.4, 0.5) is 10.5 Å². The molecule has 0 radical (unpaired) electrons. The zero-order valence-electron chi connectivity index (χ0n) is 18.7. The summed E-state index contributed by atoms with van der Waals surface area (Å²) >= 11 is 6.21. The van der Waals surface area contributed by atoms with Crippen molar-refractivity contribution in [3.8, 4) is 17.0 Å². The second kappa shape index (κ2) is 9.68. The maximum Gasteiger partial charge on any atom is 0.342 e. The van der Waals surface area contributed by atoms with E-state index in [-0.39, 0.29) is 30.0 Å². The maximum atomic E-state index is 13.1. The Kier molecular flexibility index (Phi) is 6.29. The molecule has 2 aromatic carbocycles. The number of aromatic hydroxyl groups is 1. The van der Waals surface area contributed by atoms with Gasteiger partial charge in [0.05, 0.1) is 17.7 Å². The fourth-order valence-corrected chi connectivity index (χ4v) is 4.19. The molecule has 1 aliphatic rings. The van der Waals surface area contributed by atoms with Gasteiger partial charge in [-0.05, 0) is 60.9 Å². The summed E-state index contributed by atoms with van der Waals surface area (Å²) in [4.78, 5) is 25.4. The Bertz CT molecular complexity index is 1380. The van der Waals surface area contributed by atoms with Crippen molar-refractivity contribution in [3.63, 3.8) is 0 Å². The number of hydrogen-bond donors (Lipinski definition) is 3. The molecular formula is C26H23ClN4O4. The number of amides is 2. The molecule has 0 aliphatic heterocycles. The first-order valence-electron chi connectivity index (χ1n) is 11.3. The van der Waals surface area contributed by atoms with Crippen LogP contribution in [0.3, 0.4) is 0 Å². The first-order chi connectivity index (χ1) is 17.0. The van der Waals surface area contributed by atoms with Crippen LogP contribution in [0.1, 0.15) is 47.0 Å². The minimum atomic E-state index is -0.411. The summed E-state index contributed by atoms with van der Waals surface area (Å²) in [6, 6.07) is 16.6. The second-order valence-corrected chi connectivity index (χ2v) is 8.81. The van der Waals surface area contributed by atoms with E-state index in [0.717, 1.165) is 30.5 Å². The minimum absolute atomic E-state index is 0.0118. The number of halogens is 1. The third-order valence-corrected chi connectivity index (χ3v) is 6.48. The SMILES string of the molecule is O=C(Nc1ccc(O)c(-c2cc(C3CCC3)n(C(=O)NCc3ccccc3Cl)n2)c1)c1ccco1. The van der Waals surface area contributed by atoms with E-state index in [0.29, 0.717) is 22.0 Å². The summed E-state index contributed by atoms with van der Waals surface area (Å²) in [6.07, 6.45) is 4.44. The monoisotopic (exact) mass is 490 g/mol. The van der Waals surface area contributed by atoms with Crippen molar-refractivity contribution >= 4 is 29.2 Å². The van der Waals surface area contributed by atoms with Crippen molar-refractivity contribution in [2.24, 2.45) is 0 Å². The van der Waals surface area contributed by atoms with Crippen molar-refractivity contribution in [2.45, 2.75) is 31.7 Å². The predicted molar refractivity (Wildman–Crippen MR) is 132 cm³/mol. The molecule has 5 rings (SSSR count). The van der Waals surface area contributed by atoms with Crippen LogP contribution in [0.5, 0.6) is 5.75 Å². The molecule has 2 aromatic heterocycles. The fourth-order valence-electron chi connectivity index (χ4n) is 3.99. The van der Waals surface area contributed by atoms with E-state index >= 15 is 0 Å². The average molecular weight is 491 g/mol. The molecule has 0 spiro atoms. The summed E-state index contributed by atoms with van der Waals surface area (Å²) < 4.78 is 6.49. The van der Waals surface area contributed by atoms with Gasteiger partial charge in [-0.1, -0.05) is 36.2 Å². The Morgan fingerprint density at radius 2 is 1.94 bits per heavy atom. The van der Waals surface area contributed by atoms with Gasteiger partial charge in [0.25, 0.3) is 5.91 Å². The number of carbonyl (C=O) groups is 2. The average Bonchev–Trinajstić information content (AvgIpc) is 3.49. The van der Waals surface area contributed by atoms with Crippen molar-refractivity contribution in [1.82, 2.24) is 15.1 Å². The molecule has 9 heteroatoms. The second-order valence-electron chi connectivity index (χ2n) is 8.41. The van der Waals surface area contributed by atoms with Crippen LogP contribution in [-0.4, -0.2) is 26.8 Å². The van der Waals surface area contributed by atoms with Gasteiger partial charge in [0.15, 0.2) is 5.76 Å². The van der Waals surface area contributed by atoms with E-state index in [1.807, 2.05) is 24.3 Å². The van der Waals surface area contributed by atoms with Gasteiger partial charge in [-0.3, -0.25) is 4.79 Å². The molecule has 2 heterocycles. The number of phenolic OH excluding ortho intramolecular Hbond substituents is 1. The van der Waals surface area contributed by atoms with Crippen LogP contribution in [0.15, 0.2) is 71.3 Å². The smallest absolute Gasteiger partial charge is 0.342 e. The van der Waals surface area contributed by atoms with Crippen LogP contribution in [0.25, 0.3) is 11.3 Å². The van der Waals surface area contributed by atoms with Crippen molar-refractivity contribution < 1.29 is 19.1 Å². The molecule has 0 bridgehead atoms. The highest BCUT2D eigenvalue weighted by Crippen LogP contribution is 2.39. The minimum Gasteiger partial charge on any atom is -0.507 e. The number of nitrogens with zero attached hydrogens (tertiary/aromatic N) is 2. The van der Waals surface area contributed by atoms with Crippen LogP contribution >= 0.6 is 11.6 Å². The molecule has 0 saturated heterocycles. The number of anilines is 1. The molecule has 8 nitrogen and oxygen atoms in total. The lowest BCUT2D eigenvalue weighted by Crippen LogP contribution is -2.31. The van der Waals surface area contributed by atoms with Gasteiger partial charge in [-0.15, -0.1) is 0 Å². The molecular weight excluding hydrogens is 468 g/mol. The standard InChI is InChI=1S/C26H23ClN4O4/c27-20-8-2-1-5-17(20)15-28-26(34)31-22(16-6-3-7-16)14-21(30-31)19-13-18(10-11-23(19)32)29-25(33)24-9-4-12-35-24/h1-2,4-5,8-14,16,32H,3,6-7,15H2,(H,28,34)(H,29,33). The Morgan fingerprint density at radius 1 is 1.11 bits per heavy atom. The number of phenols is 1. The lowest BCUT2D eigenvalue weighted by Gasteiger charge is -2.25. The Balaban J connectivity index is 1.41. The normalized spacial score (nSPS) is 13.3. The van der Waals surface area contributed by atoms with Gasteiger partial charge >= 0.3 is 6.03 Å². The summed E-state index contributed by atoms with van der Waals surface area (Å²) in [7, 11) is 0. The van der Waals surface area contributed by atoms with E-state index in [9.17, 15) is 14.7 Å². The zero-order valence-corrected chi connectivity index (χ0v) is 19.5. The Hall–Kier alpha value is -4.04. The molecule has 1 aliphatic carbocycles. The highest BCUT2D eigenvalue weighted by molar-refractivity contribution is 6.31. The number of nitrogens with one attached hydrogen (secondary N) is 2. The first kappa shape index (κ1) is 22.7. The summed E-state index contributed by atoms with van der Waals surface area (Å²) in [5.41, 5.74) is 2.89. The molecule has 1 saturated carbocycles. The van der Waals surface area contributed by atoms with Crippen molar-refractivity contribution in [3.05, 3.63) is 89.0 Å². The molecule has 0 unspecified atom stereocenters. The van der Waals surface area contributed by atoms with E-state index in [2.05, 4.69) is 15.7 Å². The maximum absolute atomic E-state index is 13.1. The summed E-state index contributed by atoms with van der Waals surface area (Å²) in [6.45, 7) is 0.261. The molecule has 4 aromatic rings. The number of furan rings is 1. The molecule has 35 heavy (non-hydrogen) atoms. The van der Waals surface area contributed by atoms with Gasteiger partial charge < -0.3 is 20.2 Å². The van der Waals surface area contributed by atoms with Crippen LogP contribution in [0, 0.1) is 0 Å². The zero-order chi connectivity index (χ0) is 24.4. The van der Waals surface area contributed by atoms with Crippen molar-refractivity contribution in [2.75, 3.05) is 5.32 Å². The number of aromatic nitrogens is 2. The lowest BCUT2D eigenvalue weighted by atomic mass is 9.82. The van der Waals surface area contributed by atoms with Gasteiger partial charge in [-0.2, -0.15) is 9.78 Å². The summed E-state index contributed by atoms with van der Waals surface area (Å²) in [5, 5.41) is 21.3. The highest BCUT2D eigenvalue weighted by atomic mass is 35.5. The number of rotatable bonds is 6. The molecule has 1 fully saturated rings. The van der Waals surface area contributed by atoms with E-state index in [1.165, 1.54) is 17.0 Å². The van der Waals surface area contributed by atoms with Gasteiger partial charge in [0, 0.05) is 28.7 Å². The van der Waals surface area contributed by atoms with Crippen molar-refractivity contribution in [1.29, 1.82) is 0 Å². The molecule has 178 valence electrons. The largest absolute Gasteiger partial charge is 0.507 e. The topological polar surface area (TPSA) is 109 Å². The Labute approximate surface area is 206 Å². The lowest BCUT2D eigenvalue weighted by molar-refractivity contribution is 0.0996. The fraction of sp³-hybridized carbons (Fsp3) is 0.192. The number of benzene rings is 2. The quantitative estimate of drug-likeness (QED) is 0.297. The Morgan fingerprint density at radius 3 is 2.66 bits per heavy atom.